The zero-order chi connectivity index (χ0) is 15.6. The molecule has 1 aromatic rings. The molecule has 114 valence electrons. The third kappa shape index (κ3) is 3.48. The molecule has 1 aromatic heterocycles. The van der Waals surface area contributed by atoms with E-state index >= 15 is 0 Å². The number of nitrogens with zero attached hydrogens (tertiary/aromatic N) is 3. The predicted molar refractivity (Wildman–Crippen MR) is 73.5 cm³/mol. The van der Waals surface area contributed by atoms with Crippen LogP contribution < -0.4 is 4.90 Å². The number of halogens is 1. The molecule has 8 nitrogen and oxygen atoms in total. The number of hydrogen-bond acceptors (Lipinski definition) is 7. The van der Waals surface area contributed by atoms with Crippen LogP contribution in [0.1, 0.15) is 23.7 Å². The van der Waals surface area contributed by atoms with Gasteiger partial charge in [-0.1, -0.05) is 0 Å². The van der Waals surface area contributed by atoms with Crippen LogP contribution in [0.15, 0.2) is 12.4 Å². The van der Waals surface area contributed by atoms with Gasteiger partial charge in [-0.2, -0.15) is 0 Å². The smallest absolute Gasteiger partial charge is 0.341 e. The molecule has 1 aliphatic rings. The fraction of sp³-hybridized carbons (Fsp3) is 0.455. The number of ether oxygens (including phenoxy) is 1. The molecule has 1 aliphatic heterocycles. The van der Waals surface area contributed by atoms with Crippen LogP contribution in [0, 0.1) is 0 Å². The molecule has 0 N–H and O–H groups in total. The van der Waals surface area contributed by atoms with Crippen LogP contribution in [0.3, 0.4) is 0 Å². The number of aromatic nitrogens is 2. The van der Waals surface area contributed by atoms with Crippen molar-refractivity contribution in [1.29, 1.82) is 0 Å². The summed E-state index contributed by atoms with van der Waals surface area (Å²) in [6.45, 7) is 1.78. The van der Waals surface area contributed by atoms with Gasteiger partial charge in [0.2, 0.25) is 20.9 Å². The Bertz CT molecular complexity index is 661. The molecule has 0 aliphatic carbocycles. The van der Waals surface area contributed by atoms with Gasteiger partial charge in [-0.05, 0) is 6.92 Å². The zero-order valence-corrected chi connectivity index (χ0v) is 12.6. The van der Waals surface area contributed by atoms with Gasteiger partial charge < -0.3 is 4.74 Å². The van der Waals surface area contributed by atoms with Crippen LogP contribution in [0.5, 0.6) is 0 Å². The first-order valence-electron chi connectivity index (χ1n) is 6.06. The van der Waals surface area contributed by atoms with Crippen molar-refractivity contribution in [2.75, 3.05) is 18.1 Å². The lowest BCUT2D eigenvalue weighted by atomic mass is 10.3. The summed E-state index contributed by atoms with van der Waals surface area (Å²) < 4.78 is 27.3. The second-order valence-corrected chi connectivity index (χ2v) is 7.21. The Morgan fingerprint density at radius 1 is 1.48 bits per heavy atom. The molecule has 0 saturated carbocycles. The van der Waals surface area contributed by atoms with Crippen molar-refractivity contribution < 1.29 is 22.7 Å². The lowest BCUT2D eigenvalue weighted by molar-refractivity contribution is -0.117. The van der Waals surface area contributed by atoms with E-state index in [1.54, 1.807) is 6.92 Å². The third-order valence-corrected chi connectivity index (χ3v) is 4.75. The molecule has 2 rings (SSSR count). The highest BCUT2D eigenvalue weighted by Gasteiger charge is 2.39. The standard InChI is InChI=1S/C11H12ClN3O5S/c1-2-20-10(17)7-4-13-11(14-5-7)15-6-8(3-9(15)16)21(12,18)19/h4-5,8H,2-3,6H2,1H3. The minimum Gasteiger partial charge on any atom is -0.462 e. The van der Waals surface area contributed by atoms with Gasteiger partial charge in [0.15, 0.2) is 0 Å². The van der Waals surface area contributed by atoms with Crippen LogP contribution in [-0.2, 0) is 18.6 Å². The first kappa shape index (κ1) is 15.6. The maximum absolute atomic E-state index is 11.8. The van der Waals surface area contributed by atoms with Crippen molar-refractivity contribution in [1.82, 2.24) is 9.97 Å². The average Bonchev–Trinajstić information content (AvgIpc) is 2.81. The fourth-order valence-corrected chi connectivity index (χ4v) is 2.86. The summed E-state index contributed by atoms with van der Waals surface area (Å²) in [5.74, 6) is -0.984. The van der Waals surface area contributed by atoms with Gasteiger partial charge >= 0.3 is 5.97 Å². The molecule has 1 saturated heterocycles. The second-order valence-electron chi connectivity index (χ2n) is 4.30. The summed E-state index contributed by atoms with van der Waals surface area (Å²) in [5.41, 5.74) is 0.147. The number of anilines is 1. The van der Waals surface area contributed by atoms with Crippen LogP contribution >= 0.6 is 10.7 Å². The molecule has 1 atom stereocenters. The Hall–Kier alpha value is -1.74. The van der Waals surface area contributed by atoms with Crippen molar-refractivity contribution in [2.24, 2.45) is 0 Å². The number of rotatable bonds is 4. The summed E-state index contributed by atoms with van der Waals surface area (Å²) in [6.07, 6.45) is 2.22. The molecule has 10 heteroatoms. The molecular weight excluding hydrogens is 322 g/mol. The van der Waals surface area contributed by atoms with Gasteiger partial charge in [0.1, 0.15) is 5.25 Å². The molecule has 2 heterocycles. The van der Waals surface area contributed by atoms with Crippen LogP contribution in [0.2, 0.25) is 0 Å². The number of carbonyl (C=O) groups excluding carboxylic acids is 2. The van der Waals surface area contributed by atoms with Gasteiger partial charge in [-0.15, -0.1) is 0 Å². The number of carbonyl (C=O) groups is 2. The molecule has 0 aromatic carbocycles. The van der Waals surface area contributed by atoms with E-state index in [4.69, 9.17) is 15.4 Å². The first-order chi connectivity index (χ1) is 9.82. The van der Waals surface area contributed by atoms with Gasteiger partial charge in [0.25, 0.3) is 0 Å². The molecule has 0 radical (unpaired) electrons. The maximum Gasteiger partial charge on any atom is 0.341 e. The van der Waals surface area contributed by atoms with E-state index in [1.165, 1.54) is 12.4 Å². The Morgan fingerprint density at radius 2 is 2.10 bits per heavy atom. The van der Waals surface area contributed by atoms with Gasteiger partial charge in [0.05, 0.1) is 12.2 Å². The van der Waals surface area contributed by atoms with Gasteiger partial charge in [-0.3, -0.25) is 9.69 Å². The van der Waals surface area contributed by atoms with Crippen LogP contribution in [0.4, 0.5) is 5.95 Å². The summed E-state index contributed by atoms with van der Waals surface area (Å²) in [6, 6.07) is 0. The zero-order valence-electron chi connectivity index (χ0n) is 11.0. The highest BCUT2D eigenvalue weighted by Crippen LogP contribution is 2.24. The lowest BCUT2D eigenvalue weighted by Gasteiger charge is -2.13. The molecular formula is C11H12ClN3O5S. The highest BCUT2D eigenvalue weighted by atomic mass is 35.7. The van der Waals surface area contributed by atoms with Gasteiger partial charge in [-0.25, -0.2) is 23.2 Å². The van der Waals surface area contributed by atoms with Crippen molar-refractivity contribution in [3.63, 3.8) is 0 Å². The Labute approximate surface area is 125 Å². The SMILES string of the molecule is CCOC(=O)c1cnc(N2CC(S(=O)(=O)Cl)CC2=O)nc1. The second kappa shape index (κ2) is 5.94. The summed E-state index contributed by atoms with van der Waals surface area (Å²) >= 11 is 0. The van der Waals surface area contributed by atoms with E-state index < -0.39 is 26.2 Å². The number of hydrogen-bond donors (Lipinski definition) is 0. The molecule has 1 unspecified atom stereocenters. The minimum absolute atomic E-state index is 0.0239. The fourth-order valence-electron chi connectivity index (χ4n) is 1.84. The summed E-state index contributed by atoms with van der Waals surface area (Å²) in [5, 5.41) is -0.986. The molecule has 0 spiro atoms. The molecule has 0 bridgehead atoms. The Balaban J connectivity index is 2.16. The summed E-state index contributed by atoms with van der Waals surface area (Å²) in [4.78, 5) is 32.1. The van der Waals surface area contributed by atoms with Crippen LogP contribution in [0.25, 0.3) is 0 Å². The van der Waals surface area contributed by atoms with E-state index in [0.29, 0.717) is 0 Å². The van der Waals surface area contributed by atoms with Crippen molar-refractivity contribution in [3.8, 4) is 0 Å². The van der Waals surface area contributed by atoms with E-state index in [1.807, 2.05) is 0 Å². The molecule has 21 heavy (non-hydrogen) atoms. The van der Waals surface area contributed by atoms with Gasteiger partial charge in [0, 0.05) is 36.0 Å². The largest absolute Gasteiger partial charge is 0.462 e. The quantitative estimate of drug-likeness (QED) is 0.577. The number of amides is 1. The molecule has 1 fully saturated rings. The minimum atomic E-state index is -3.83. The average molecular weight is 334 g/mol. The van der Waals surface area contributed by atoms with E-state index in [2.05, 4.69) is 9.97 Å². The van der Waals surface area contributed by atoms with E-state index in [-0.39, 0.29) is 31.1 Å². The van der Waals surface area contributed by atoms with Crippen LogP contribution in [-0.4, -0.2) is 48.7 Å². The monoisotopic (exact) mass is 333 g/mol. The third-order valence-electron chi connectivity index (χ3n) is 2.88. The van der Waals surface area contributed by atoms with E-state index in [0.717, 1.165) is 4.90 Å². The van der Waals surface area contributed by atoms with Crippen molar-refractivity contribution in [2.45, 2.75) is 18.6 Å². The first-order valence-corrected chi connectivity index (χ1v) is 8.43. The Kier molecular flexibility index (Phi) is 4.43. The number of esters is 1. The predicted octanol–water partition coefficient (Wildman–Crippen LogP) is 0.327. The molecule has 1 amide bonds. The summed E-state index contributed by atoms with van der Waals surface area (Å²) in [7, 11) is 1.43. The lowest BCUT2D eigenvalue weighted by Crippen LogP contribution is -2.28. The van der Waals surface area contributed by atoms with Crippen molar-refractivity contribution in [3.05, 3.63) is 18.0 Å². The van der Waals surface area contributed by atoms with E-state index in [9.17, 15) is 18.0 Å². The van der Waals surface area contributed by atoms with Crippen molar-refractivity contribution >= 4 is 37.6 Å². The normalized spacial score (nSPS) is 18.9. The maximum atomic E-state index is 11.8. The Morgan fingerprint density at radius 3 is 2.57 bits per heavy atom. The highest BCUT2D eigenvalue weighted by molar-refractivity contribution is 8.14. The topological polar surface area (TPSA) is 107 Å².